The lowest BCUT2D eigenvalue weighted by molar-refractivity contribution is 0.0777. The molecule has 0 bridgehead atoms. The van der Waals surface area contributed by atoms with Crippen molar-refractivity contribution in [1.29, 1.82) is 0 Å². The number of carbonyl (C=O) groups excluding carboxylic acids is 1. The minimum absolute atomic E-state index is 0.185. The van der Waals surface area contributed by atoms with Gasteiger partial charge in [-0.1, -0.05) is 0 Å². The molecule has 0 heterocycles. The van der Waals surface area contributed by atoms with Crippen LogP contribution in [0.2, 0.25) is 0 Å². The summed E-state index contributed by atoms with van der Waals surface area (Å²) in [4.78, 5) is 11.5. The van der Waals surface area contributed by atoms with Crippen LogP contribution in [0.5, 0.6) is 0 Å². The van der Waals surface area contributed by atoms with Gasteiger partial charge in [0.15, 0.2) is 16.3 Å². The van der Waals surface area contributed by atoms with E-state index in [-0.39, 0.29) is 22.3 Å². The third-order valence-corrected chi connectivity index (χ3v) is 2.85. The summed E-state index contributed by atoms with van der Waals surface area (Å²) in [7, 11) is 0. The number of hydrogen-bond donors (Lipinski definition) is 0. The standard InChI is InChI=1S/C11H9BrF4O2/c12-18-11(17)10-8(4-15)6(2-13)1-7(3-14)9(10)5-16/h1H,2-5H2. The number of rotatable bonds is 5. The molecule has 18 heavy (non-hydrogen) atoms. The number of benzene rings is 1. The van der Waals surface area contributed by atoms with Gasteiger partial charge in [0.2, 0.25) is 0 Å². The van der Waals surface area contributed by atoms with E-state index in [9.17, 15) is 22.4 Å². The topological polar surface area (TPSA) is 26.3 Å². The molecule has 1 aromatic rings. The largest absolute Gasteiger partial charge is 0.380 e. The Balaban J connectivity index is 3.62. The molecule has 0 fully saturated rings. The molecule has 0 aliphatic heterocycles. The van der Waals surface area contributed by atoms with E-state index in [2.05, 4.69) is 20.1 Å². The van der Waals surface area contributed by atoms with Gasteiger partial charge in [0.1, 0.15) is 26.7 Å². The summed E-state index contributed by atoms with van der Waals surface area (Å²) in [5.74, 6) is -1.08. The summed E-state index contributed by atoms with van der Waals surface area (Å²) in [6, 6.07) is 1.02. The van der Waals surface area contributed by atoms with Gasteiger partial charge in [-0.25, -0.2) is 22.4 Å². The highest BCUT2D eigenvalue weighted by molar-refractivity contribution is 9.06. The molecule has 0 spiro atoms. The van der Waals surface area contributed by atoms with Crippen molar-refractivity contribution in [2.75, 3.05) is 0 Å². The second-order valence-corrected chi connectivity index (χ2v) is 3.75. The molecular formula is C11H9BrF4O2. The summed E-state index contributed by atoms with van der Waals surface area (Å²) in [5.41, 5.74) is -1.45. The summed E-state index contributed by atoms with van der Waals surface area (Å²) in [6.07, 6.45) is 0. The molecule has 0 unspecified atom stereocenters. The lowest BCUT2D eigenvalue weighted by Gasteiger charge is -2.15. The van der Waals surface area contributed by atoms with Gasteiger partial charge in [0.05, 0.1) is 5.56 Å². The molecule has 0 radical (unpaired) electrons. The second kappa shape index (κ2) is 6.72. The molecule has 100 valence electrons. The van der Waals surface area contributed by atoms with Gasteiger partial charge >= 0.3 is 5.97 Å². The van der Waals surface area contributed by atoms with E-state index in [1.807, 2.05) is 0 Å². The van der Waals surface area contributed by atoms with Gasteiger partial charge in [-0.05, 0) is 17.2 Å². The van der Waals surface area contributed by atoms with Crippen molar-refractivity contribution < 1.29 is 26.2 Å². The molecule has 0 aliphatic rings. The van der Waals surface area contributed by atoms with Gasteiger partial charge in [-0.3, -0.25) is 0 Å². The fourth-order valence-corrected chi connectivity index (χ4v) is 1.88. The zero-order valence-corrected chi connectivity index (χ0v) is 10.7. The first-order chi connectivity index (χ1) is 8.64. The van der Waals surface area contributed by atoms with Crippen molar-refractivity contribution in [1.82, 2.24) is 0 Å². The molecule has 2 nitrogen and oxygen atoms in total. The second-order valence-electron chi connectivity index (χ2n) is 3.43. The zero-order chi connectivity index (χ0) is 13.7. The molecule has 0 saturated carbocycles. The lowest BCUT2D eigenvalue weighted by atomic mass is 9.93. The van der Waals surface area contributed by atoms with Crippen LogP contribution in [0.3, 0.4) is 0 Å². The van der Waals surface area contributed by atoms with E-state index < -0.39 is 38.2 Å². The van der Waals surface area contributed by atoms with Gasteiger partial charge in [0.25, 0.3) is 0 Å². The molecule has 1 aromatic carbocycles. The molecule has 0 aliphatic carbocycles. The maximum absolute atomic E-state index is 12.9. The first kappa shape index (κ1) is 14.9. The molecule has 1 rings (SSSR count). The van der Waals surface area contributed by atoms with E-state index in [0.29, 0.717) is 0 Å². The van der Waals surface area contributed by atoms with Crippen molar-refractivity contribution in [3.63, 3.8) is 0 Å². The van der Waals surface area contributed by atoms with Crippen molar-refractivity contribution in [2.45, 2.75) is 26.7 Å². The van der Waals surface area contributed by atoms with Crippen LogP contribution in [0.4, 0.5) is 17.6 Å². The minimum Gasteiger partial charge on any atom is -0.380 e. The van der Waals surface area contributed by atoms with Gasteiger partial charge in [0, 0.05) is 11.1 Å². The van der Waals surface area contributed by atoms with Crippen LogP contribution in [0.1, 0.15) is 32.6 Å². The summed E-state index contributed by atoms with van der Waals surface area (Å²) < 4.78 is 55.4. The SMILES string of the molecule is O=C(OBr)c1c(CF)c(CF)cc(CF)c1CF. The van der Waals surface area contributed by atoms with Crippen LogP contribution in [-0.4, -0.2) is 5.97 Å². The molecule has 0 N–H and O–H groups in total. The molecular weight excluding hydrogens is 320 g/mol. The molecule has 0 saturated heterocycles. The summed E-state index contributed by atoms with van der Waals surface area (Å²) >= 11 is 2.39. The van der Waals surface area contributed by atoms with Gasteiger partial charge < -0.3 is 3.83 Å². The summed E-state index contributed by atoms with van der Waals surface area (Å²) in [5, 5.41) is 0. The van der Waals surface area contributed by atoms with Crippen molar-refractivity contribution in [3.05, 3.63) is 33.9 Å². The third-order valence-electron chi connectivity index (χ3n) is 2.56. The fourth-order valence-electron chi connectivity index (χ4n) is 1.72. The highest BCUT2D eigenvalue weighted by Gasteiger charge is 2.24. The van der Waals surface area contributed by atoms with E-state index in [1.165, 1.54) is 0 Å². The predicted octanol–water partition coefficient (Wildman–Crippen LogP) is 4.03. The number of halogens is 5. The van der Waals surface area contributed by atoms with Crippen LogP contribution in [-0.2, 0) is 30.5 Å². The van der Waals surface area contributed by atoms with Crippen LogP contribution >= 0.6 is 16.3 Å². The van der Waals surface area contributed by atoms with E-state index in [1.54, 1.807) is 0 Å². The Hall–Kier alpha value is -1.11. The highest BCUT2D eigenvalue weighted by Crippen LogP contribution is 2.28. The van der Waals surface area contributed by atoms with E-state index >= 15 is 0 Å². The van der Waals surface area contributed by atoms with Crippen LogP contribution < -0.4 is 0 Å². The van der Waals surface area contributed by atoms with E-state index in [4.69, 9.17) is 0 Å². The zero-order valence-electron chi connectivity index (χ0n) is 9.11. The first-order valence-electron chi connectivity index (χ1n) is 4.87. The molecule has 0 amide bonds. The number of alkyl halides is 4. The number of carbonyl (C=O) groups is 1. The maximum atomic E-state index is 12.9. The molecule has 0 atom stereocenters. The summed E-state index contributed by atoms with van der Waals surface area (Å²) in [6.45, 7) is -4.50. The normalized spacial score (nSPS) is 10.5. The molecule has 0 aromatic heterocycles. The Labute approximate surface area is 109 Å². The fraction of sp³-hybridized carbons (Fsp3) is 0.364. The van der Waals surface area contributed by atoms with Crippen LogP contribution in [0.25, 0.3) is 0 Å². The maximum Gasteiger partial charge on any atom is 0.350 e. The first-order valence-corrected chi connectivity index (χ1v) is 5.52. The van der Waals surface area contributed by atoms with Gasteiger partial charge in [-0.15, -0.1) is 0 Å². The molecule has 7 heteroatoms. The smallest absolute Gasteiger partial charge is 0.350 e. The van der Waals surface area contributed by atoms with Crippen molar-refractivity contribution in [3.8, 4) is 0 Å². The van der Waals surface area contributed by atoms with Crippen molar-refractivity contribution >= 4 is 22.2 Å². The Bertz CT molecular complexity index is 421. The monoisotopic (exact) mass is 328 g/mol. The Morgan fingerprint density at radius 2 is 1.44 bits per heavy atom. The number of hydrogen-bond acceptors (Lipinski definition) is 2. The van der Waals surface area contributed by atoms with Crippen LogP contribution in [0.15, 0.2) is 6.07 Å². The predicted molar refractivity (Wildman–Crippen MR) is 60.0 cm³/mol. The van der Waals surface area contributed by atoms with Crippen LogP contribution in [0, 0.1) is 0 Å². The van der Waals surface area contributed by atoms with Gasteiger partial charge in [-0.2, -0.15) is 0 Å². The van der Waals surface area contributed by atoms with Crippen molar-refractivity contribution in [2.24, 2.45) is 0 Å². The average Bonchev–Trinajstić information content (AvgIpc) is 2.43. The minimum atomic E-state index is -1.17. The third kappa shape index (κ3) is 2.66. The Kier molecular flexibility index (Phi) is 5.58. The Morgan fingerprint density at radius 1 is 1.00 bits per heavy atom. The average molecular weight is 329 g/mol. The van der Waals surface area contributed by atoms with E-state index in [0.717, 1.165) is 6.07 Å². The highest BCUT2D eigenvalue weighted by atomic mass is 79.9. The quantitative estimate of drug-likeness (QED) is 0.763. The Morgan fingerprint density at radius 3 is 1.72 bits per heavy atom. The lowest BCUT2D eigenvalue weighted by Crippen LogP contribution is -2.12.